The minimum atomic E-state index is -0.796. The van der Waals surface area contributed by atoms with E-state index in [1.807, 2.05) is 0 Å². The zero-order valence-corrected chi connectivity index (χ0v) is 16.8. The van der Waals surface area contributed by atoms with Crippen molar-refractivity contribution in [1.82, 2.24) is 0 Å². The third-order valence-corrected chi connectivity index (χ3v) is 4.50. The molecule has 2 N–H and O–H groups in total. The summed E-state index contributed by atoms with van der Waals surface area (Å²) in [6.45, 7) is 3.54. The highest BCUT2D eigenvalue weighted by Gasteiger charge is 2.23. The third kappa shape index (κ3) is 4.56. The topological polar surface area (TPSA) is 93.1 Å². The number of aromatic hydroxyl groups is 2. The van der Waals surface area contributed by atoms with E-state index in [1.165, 1.54) is 48.5 Å². The van der Waals surface area contributed by atoms with Gasteiger partial charge in [0.15, 0.2) is 23.0 Å². The molecule has 0 aromatic heterocycles. The van der Waals surface area contributed by atoms with Crippen molar-refractivity contribution in [2.45, 2.75) is 0 Å². The Morgan fingerprint density at radius 2 is 1.30 bits per heavy atom. The fraction of sp³-hybridized carbons (Fsp3) is 0. The van der Waals surface area contributed by atoms with E-state index in [4.69, 9.17) is 32.7 Å². The Morgan fingerprint density at radius 1 is 0.833 bits per heavy atom. The minimum absolute atomic E-state index is 0.129. The average Bonchev–Trinajstić information content (AvgIpc) is 2.72. The molecule has 0 atom stereocenters. The number of hydrogen-bond acceptors (Lipinski definition) is 6. The lowest BCUT2D eigenvalue weighted by Gasteiger charge is -2.14. The maximum atomic E-state index is 12.3. The highest BCUT2D eigenvalue weighted by molar-refractivity contribution is 6.31. The first-order chi connectivity index (χ1) is 14.3. The molecule has 6 nitrogen and oxygen atoms in total. The van der Waals surface area contributed by atoms with Gasteiger partial charge < -0.3 is 19.7 Å². The minimum Gasteiger partial charge on any atom is -0.504 e. The van der Waals surface area contributed by atoms with E-state index < -0.39 is 23.4 Å². The van der Waals surface area contributed by atoms with Gasteiger partial charge in [0.05, 0.1) is 16.7 Å². The Labute approximate surface area is 181 Å². The predicted octanol–water partition coefficient (Wildman–Crippen LogP) is 5.49. The Kier molecular flexibility index (Phi) is 6.30. The van der Waals surface area contributed by atoms with E-state index in [2.05, 4.69) is 6.58 Å². The average molecular weight is 445 g/mol. The summed E-state index contributed by atoms with van der Waals surface area (Å²) < 4.78 is 10.4. The van der Waals surface area contributed by atoms with Crippen LogP contribution in [0.15, 0.2) is 61.2 Å². The number of rotatable bonds is 5. The summed E-state index contributed by atoms with van der Waals surface area (Å²) in [5.41, 5.74) is 0.222. The molecule has 3 rings (SSSR count). The van der Waals surface area contributed by atoms with Crippen molar-refractivity contribution in [3.8, 4) is 23.0 Å². The smallest absolute Gasteiger partial charge is 0.343 e. The summed E-state index contributed by atoms with van der Waals surface area (Å²) in [6.07, 6.45) is 1.15. The Bertz CT molecular complexity index is 1120. The summed E-state index contributed by atoms with van der Waals surface area (Å²) in [6, 6.07) is 12.7. The van der Waals surface area contributed by atoms with E-state index in [9.17, 15) is 19.8 Å². The van der Waals surface area contributed by atoms with Crippen LogP contribution in [0, 0.1) is 0 Å². The fourth-order valence-electron chi connectivity index (χ4n) is 2.49. The summed E-state index contributed by atoms with van der Waals surface area (Å²) >= 11 is 11.6. The Hall–Kier alpha value is -3.48. The van der Waals surface area contributed by atoms with Gasteiger partial charge in [-0.1, -0.05) is 35.9 Å². The number of halogens is 2. The van der Waals surface area contributed by atoms with Gasteiger partial charge in [0.25, 0.3) is 0 Å². The number of carbonyl (C=O) groups is 2. The lowest BCUT2D eigenvalue weighted by molar-refractivity contribution is 0.0711. The zero-order chi connectivity index (χ0) is 21.8. The van der Waals surface area contributed by atoms with Crippen LogP contribution in [0.3, 0.4) is 0 Å². The molecule has 8 heteroatoms. The van der Waals surface area contributed by atoms with Crippen LogP contribution in [0.4, 0.5) is 0 Å². The van der Waals surface area contributed by atoms with E-state index in [0.29, 0.717) is 10.0 Å². The normalized spacial score (nSPS) is 10.3. The van der Waals surface area contributed by atoms with Crippen LogP contribution in [-0.4, -0.2) is 22.2 Å². The first kappa shape index (κ1) is 21.2. The fourth-order valence-corrected chi connectivity index (χ4v) is 2.75. The molecular weight excluding hydrogens is 431 g/mol. The lowest BCUT2D eigenvalue weighted by atomic mass is 10.1. The van der Waals surface area contributed by atoms with Gasteiger partial charge in [0.1, 0.15) is 0 Å². The Balaban J connectivity index is 1.90. The summed E-state index contributed by atoms with van der Waals surface area (Å²) in [4.78, 5) is 24.6. The standard InChI is InChI=1S/C22H14Cl2O6/c1-2-16-19(26)18(29-21(27)12-3-7-14(23)8-4-12)11-17(25)20(16)30-22(28)13-5-9-15(24)10-6-13/h2-11,25-26H,1H2. The highest BCUT2D eigenvalue weighted by atomic mass is 35.5. The summed E-state index contributed by atoms with van der Waals surface area (Å²) in [5, 5.41) is 21.7. The maximum absolute atomic E-state index is 12.3. The summed E-state index contributed by atoms with van der Waals surface area (Å²) in [7, 11) is 0. The number of phenolic OH excluding ortho intramolecular Hbond substituents is 2. The van der Waals surface area contributed by atoms with E-state index in [-0.39, 0.29) is 28.2 Å². The first-order valence-electron chi connectivity index (χ1n) is 8.47. The van der Waals surface area contributed by atoms with E-state index in [0.717, 1.165) is 12.1 Å². The second-order valence-corrected chi connectivity index (χ2v) is 6.86. The van der Waals surface area contributed by atoms with Crippen LogP contribution >= 0.6 is 23.2 Å². The number of carbonyl (C=O) groups excluding carboxylic acids is 2. The lowest BCUT2D eigenvalue weighted by Crippen LogP contribution is -2.11. The van der Waals surface area contributed by atoms with Crippen LogP contribution in [0.1, 0.15) is 26.3 Å². The molecule has 0 radical (unpaired) electrons. The van der Waals surface area contributed by atoms with Gasteiger partial charge in [-0.2, -0.15) is 0 Å². The van der Waals surface area contributed by atoms with Crippen LogP contribution in [-0.2, 0) is 0 Å². The van der Waals surface area contributed by atoms with Crippen LogP contribution < -0.4 is 9.47 Å². The quantitative estimate of drug-likeness (QED) is 0.307. The summed E-state index contributed by atoms with van der Waals surface area (Å²) in [5.74, 6) is -3.34. The number of esters is 2. The highest BCUT2D eigenvalue weighted by Crippen LogP contribution is 2.44. The molecule has 0 bridgehead atoms. The second kappa shape index (κ2) is 8.90. The molecular formula is C22H14Cl2O6. The molecule has 30 heavy (non-hydrogen) atoms. The molecule has 0 saturated heterocycles. The molecule has 0 fully saturated rings. The number of phenols is 2. The van der Waals surface area contributed by atoms with E-state index >= 15 is 0 Å². The molecule has 0 amide bonds. The SMILES string of the molecule is C=Cc1c(O)c(OC(=O)c2ccc(Cl)cc2)cc(O)c1OC(=O)c1ccc(Cl)cc1. The molecule has 0 aliphatic carbocycles. The molecule has 0 saturated carbocycles. The van der Waals surface area contributed by atoms with Gasteiger partial charge in [-0.15, -0.1) is 0 Å². The van der Waals surface area contributed by atoms with Crippen molar-refractivity contribution in [3.05, 3.63) is 87.9 Å². The van der Waals surface area contributed by atoms with Crippen molar-refractivity contribution in [2.75, 3.05) is 0 Å². The van der Waals surface area contributed by atoms with Crippen molar-refractivity contribution in [1.29, 1.82) is 0 Å². The van der Waals surface area contributed by atoms with Gasteiger partial charge in [-0.3, -0.25) is 0 Å². The van der Waals surface area contributed by atoms with Gasteiger partial charge in [0.2, 0.25) is 0 Å². The van der Waals surface area contributed by atoms with Crippen LogP contribution in [0.5, 0.6) is 23.0 Å². The zero-order valence-electron chi connectivity index (χ0n) is 15.3. The molecule has 0 heterocycles. The van der Waals surface area contributed by atoms with Gasteiger partial charge in [-0.25, -0.2) is 9.59 Å². The van der Waals surface area contributed by atoms with E-state index in [1.54, 1.807) is 0 Å². The predicted molar refractivity (Wildman–Crippen MR) is 113 cm³/mol. The van der Waals surface area contributed by atoms with Crippen LogP contribution in [0.2, 0.25) is 10.0 Å². The second-order valence-electron chi connectivity index (χ2n) is 5.98. The molecule has 0 unspecified atom stereocenters. The monoisotopic (exact) mass is 444 g/mol. The molecule has 0 aliphatic heterocycles. The van der Waals surface area contributed by atoms with Crippen molar-refractivity contribution < 1.29 is 29.3 Å². The van der Waals surface area contributed by atoms with Gasteiger partial charge >= 0.3 is 11.9 Å². The largest absolute Gasteiger partial charge is 0.504 e. The number of benzene rings is 3. The first-order valence-corrected chi connectivity index (χ1v) is 9.22. The molecule has 152 valence electrons. The van der Waals surface area contributed by atoms with Crippen molar-refractivity contribution in [2.24, 2.45) is 0 Å². The number of hydrogen-bond donors (Lipinski definition) is 2. The van der Waals surface area contributed by atoms with Gasteiger partial charge in [-0.05, 0) is 48.5 Å². The Morgan fingerprint density at radius 3 is 1.77 bits per heavy atom. The van der Waals surface area contributed by atoms with Gasteiger partial charge in [0, 0.05) is 16.1 Å². The molecule has 0 spiro atoms. The molecule has 3 aromatic carbocycles. The van der Waals surface area contributed by atoms with Crippen molar-refractivity contribution >= 4 is 41.2 Å². The van der Waals surface area contributed by atoms with Crippen molar-refractivity contribution in [3.63, 3.8) is 0 Å². The third-order valence-electron chi connectivity index (χ3n) is 3.99. The van der Waals surface area contributed by atoms with Crippen LogP contribution in [0.25, 0.3) is 6.08 Å². The maximum Gasteiger partial charge on any atom is 0.343 e. The molecule has 3 aromatic rings. The number of ether oxygens (including phenoxy) is 2. The molecule has 0 aliphatic rings.